The van der Waals surface area contributed by atoms with Crippen LogP contribution < -0.4 is 5.32 Å². The predicted octanol–water partition coefficient (Wildman–Crippen LogP) is 0.709. The minimum Gasteiger partial charge on any atom is -0.343 e. The molecule has 1 aromatic rings. The molecule has 6 heteroatoms. The van der Waals surface area contributed by atoms with Gasteiger partial charge >= 0.3 is 0 Å². The zero-order valence-corrected chi connectivity index (χ0v) is 12.1. The summed E-state index contributed by atoms with van der Waals surface area (Å²) in [6, 6.07) is 1.37. The van der Waals surface area contributed by atoms with Crippen molar-refractivity contribution in [1.29, 1.82) is 0 Å². The lowest BCUT2D eigenvalue weighted by Gasteiger charge is -2.29. The van der Waals surface area contributed by atoms with E-state index in [1.54, 1.807) is 17.8 Å². The third-order valence-electron chi connectivity index (χ3n) is 3.64. The number of hydrogen-bond acceptors (Lipinski definition) is 3. The fourth-order valence-electron chi connectivity index (χ4n) is 2.44. The topological polar surface area (TPSA) is 67.2 Å². The number of hydrogen-bond donors (Lipinski definition) is 1. The molecule has 0 radical (unpaired) electrons. The highest BCUT2D eigenvalue weighted by molar-refractivity contribution is 5.87. The van der Waals surface area contributed by atoms with Gasteiger partial charge in [-0.15, -0.1) is 0 Å². The molecule has 0 saturated carbocycles. The first kappa shape index (κ1) is 14.6. The van der Waals surface area contributed by atoms with Gasteiger partial charge in [0.05, 0.1) is 0 Å². The number of aromatic nitrogens is 2. The van der Waals surface area contributed by atoms with Crippen LogP contribution in [0.2, 0.25) is 0 Å². The Bertz CT molecular complexity index is 477. The zero-order valence-electron chi connectivity index (χ0n) is 12.1. The molecule has 110 valence electrons. The summed E-state index contributed by atoms with van der Waals surface area (Å²) >= 11 is 0. The first-order valence-corrected chi connectivity index (χ1v) is 7.14. The van der Waals surface area contributed by atoms with Crippen LogP contribution in [0.1, 0.15) is 31.9 Å². The number of carbonyl (C=O) groups is 2. The first-order valence-electron chi connectivity index (χ1n) is 7.14. The van der Waals surface area contributed by atoms with Crippen LogP contribution in [-0.4, -0.2) is 45.6 Å². The Labute approximate surface area is 119 Å². The number of nitrogens with one attached hydrogen (secondary N) is 1. The number of aryl methyl sites for hydroxylation is 1. The number of rotatable bonds is 4. The zero-order chi connectivity index (χ0) is 14.5. The Kier molecular flexibility index (Phi) is 4.76. The van der Waals surface area contributed by atoms with Gasteiger partial charge in [-0.3, -0.25) is 14.3 Å². The second-order valence-corrected chi connectivity index (χ2v) is 5.31. The van der Waals surface area contributed by atoms with Gasteiger partial charge in [-0.2, -0.15) is 5.10 Å². The second-order valence-electron chi connectivity index (χ2n) is 5.31. The van der Waals surface area contributed by atoms with Crippen molar-refractivity contribution in [1.82, 2.24) is 20.0 Å². The van der Waals surface area contributed by atoms with E-state index < -0.39 is 6.04 Å². The molecule has 2 heterocycles. The number of piperidine rings is 1. The van der Waals surface area contributed by atoms with Crippen LogP contribution in [0.25, 0.3) is 0 Å². The van der Waals surface area contributed by atoms with Crippen LogP contribution in [0, 0.1) is 6.92 Å². The molecule has 0 aliphatic carbocycles. The monoisotopic (exact) mass is 278 g/mol. The molecular formula is C14H22N4O2. The summed E-state index contributed by atoms with van der Waals surface area (Å²) in [6.07, 6.45) is 4.95. The van der Waals surface area contributed by atoms with Gasteiger partial charge in [0.2, 0.25) is 11.8 Å². The summed E-state index contributed by atoms with van der Waals surface area (Å²) in [4.78, 5) is 26.0. The van der Waals surface area contributed by atoms with E-state index in [4.69, 9.17) is 0 Å². The lowest BCUT2D eigenvalue weighted by Crippen LogP contribution is -2.49. The average Bonchev–Trinajstić information content (AvgIpc) is 2.84. The SMILES string of the molecule is Cc1ccnn1CC(=O)NC(C)C(=O)N1CCCCC1. The summed E-state index contributed by atoms with van der Waals surface area (Å²) in [5, 5.41) is 6.81. The molecule has 2 rings (SSSR count). The highest BCUT2D eigenvalue weighted by atomic mass is 16.2. The fourth-order valence-corrected chi connectivity index (χ4v) is 2.44. The van der Waals surface area contributed by atoms with E-state index in [0.717, 1.165) is 31.6 Å². The maximum absolute atomic E-state index is 12.2. The number of likely N-dealkylation sites (tertiary alicyclic amines) is 1. The van der Waals surface area contributed by atoms with E-state index in [2.05, 4.69) is 10.4 Å². The molecule has 6 nitrogen and oxygen atoms in total. The van der Waals surface area contributed by atoms with Gasteiger partial charge in [0.25, 0.3) is 0 Å². The molecule has 1 saturated heterocycles. The Balaban J connectivity index is 1.84. The van der Waals surface area contributed by atoms with Gasteiger partial charge in [0.15, 0.2) is 0 Å². The van der Waals surface area contributed by atoms with Crippen LogP contribution in [-0.2, 0) is 16.1 Å². The van der Waals surface area contributed by atoms with Crippen molar-refractivity contribution in [2.24, 2.45) is 0 Å². The Morgan fingerprint density at radius 3 is 2.65 bits per heavy atom. The van der Waals surface area contributed by atoms with E-state index in [1.807, 2.05) is 17.9 Å². The summed E-state index contributed by atoms with van der Waals surface area (Å²) in [6.45, 7) is 5.39. The molecule has 0 spiro atoms. The van der Waals surface area contributed by atoms with E-state index in [-0.39, 0.29) is 18.4 Å². The highest BCUT2D eigenvalue weighted by Crippen LogP contribution is 2.09. The smallest absolute Gasteiger partial charge is 0.244 e. The lowest BCUT2D eigenvalue weighted by atomic mass is 10.1. The summed E-state index contributed by atoms with van der Waals surface area (Å²) in [5.41, 5.74) is 0.926. The van der Waals surface area contributed by atoms with Crippen LogP contribution in [0.4, 0.5) is 0 Å². The maximum Gasteiger partial charge on any atom is 0.244 e. The molecule has 1 atom stereocenters. The van der Waals surface area contributed by atoms with Crippen LogP contribution >= 0.6 is 0 Å². The van der Waals surface area contributed by atoms with Crippen molar-refractivity contribution < 1.29 is 9.59 Å². The van der Waals surface area contributed by atoms with Gasteiger partial charge in [0.1, 0.15) is 12.6 Å². The molecule has 1 aromatic heterocycles. The van der Waals surface area contributed by atoms with Crippen LogP contribution in [0.15, 0.2) is 12.3 Å². The summed E-state index contributed by atoms with van der Waals surface area (Å²) in [5.74, 6) is -0.176. The normalized spacial score (nSPS) is 16.8. The highest BCUT2D eigenvalue weighted by Gasteiger charge is 2.23. The van der Waals surface area contributed by atoms with E-state index in [9.17, 15) is 9.59 Å². The van der Waals surface area contributed by atoms with Gasteiger partial charge in [-0.25, -0.2) is 0 Å². The van der Waals surface area contributed by atoms with Crippen LogP contribution in [0.3, 0.4) is 0 Å². The fraction of sp³-hybridized carbons (Fsp3) is 0.643. The third-order valence-corrected chi connectivity index (χ3v) is 3.64. The van der Waals surface area contributed by atoms with Gasteiger partial charge in [0, 0.05) is 25.0 Å². The van der Waals surface area contributed by atoms with Crippen molar-refractivity contribution in [2.45, 2.75) is 45.7 Å². The van der Waals surface area contributed by atoms with Crippen molar-refractivity contribution in [2.75, 3.05) is 13.1 Å². The Hall–Kier alpha value is -1.85. The second kappa shape index (κ2) is 6.54. The minimum atomic E-state index is -0.475. The largest absolute Gasteiger partial charge is 0.343 e. The van der Waals surface area contributed by atoms with E-state index in [1.165, 1.54) is 6.42 Å². The standard InChI is InChI=1S/C14H22N4O2/c1-11-6-7-15-18(11)10-13(19)16-12(2)14(20)17-8-4-3-5-9-17/h6-7,12H,3-5,8-10H2,1-2H3,(H,16,19). The lowest BCUT2D eigenvalue weighted by molar-refractivity contribution is -0.136. The molecule has 1 N–H and O–H groups in total. The van der Waals surface area contributed by atoms with Crippen molar-refractivity contribution in [3.63, 3.8) is 0 Å². The van der Waals surface area contributed by atoms with Crippen molar-refractivity contribution >= 4 is 11.8 Å². The Morgan fingerprint density at radius 1 is 1.35 bits per heavy atom. The van der Waals surface area contributed by atoms with E-state index in [0.29, 0.717) is 0 Å². The first-order chi connectivity index (χ1) is 9.58. The molecule has 1 aliphatic rings. The molecule has 1 fully saturated rings. The third kappa shape index (κ3) is 3.59. The predicted molar refractivity (Wildman–Crippen MR) is 75.0 cm³/mol. The minimum absolute atomic E-state index is 0.00948. The molecule has 20 heavy (non-hydrogen) atoms. The summed E-state index contributed by atoms with van der Waals surface area (Å²) < 4.78 is 1.62. The Morgan fingerprint density at radius 2 is 2.05 bits per heavy atom. The molecule has 2 amide bonds. The van der Waals surface area contributed by atoms with Gasteiger partial charge < -0.3 is 10.2 Å². The maximum atomic E-state index is 12.2. The van der Waals surface area contributed by atoms with Gasteiger partial charge in [-0.05, 0) is 39.2 Å². The van der Waals surface area contributed by atoms with Gasteiger partial charge in [-0.1, -0.05) is 0 Å². The molecular weight excluding hydrogens is 256 g/mol. The molecule has 0 aromatic carbocycles. The number of amides is 2. The van der Waals surface area contributed by atoms with Crippen molar-refractivity contribution in [3.05, 3.63) is 18.0 Å². The number of nitrogens with zero attached hydrogens (tertiary/aromatic N) is 3. The average molecular weight is 278 g/mol. The molecule has 0 bridgehead atoms. The van der Waals surface area contributed by atoms with Crippen molar-refractivity contribution in [3.8, 4) is 0 Å². The quantitative estimate of drug-likeness (QED) is 0.882. The van der Waals surface area contributed by atoms with E-state index >= 15 is 0 Å². The van der Waals surface area contributed by atoms with Crippen LogP contribution in [0.5, 0.6) is 0 Å². The molecule has 1 aliphatic heterocycles. The summed E-state index contributed by atoms with van der Waals surface area (Å²) in [7, 11) is 0. The number of carbonyl (C=O) groups excluding carboxylic acids is 2. The molecule has 1 unspecified atom stereocenters.